The summed E-state index contributed by atoms with van der Waals surface area (Å²) in [6.45, 7) is 8.30. The molecule has 0 bridgehead atoms. The number of carbonyl (C=O) groups is 3. The van der Waals surface area contributed by atoms with Crippen molar-refractivity contribution in [2.45, 2.75) is 71.1 Å². The van der Waals surface area contributed by atoms with Gasteiger partial charge in [-0.25, -0.2) is 0 Å². The zero-order valence-electron chi connectivity index (χ0n) is 22.8. The molecule has 1 heterocycles. The number of nitrogens with one attached hydrogen (secondary N) is 3. The smallest absolute Gasteiger partial charge is 0.255 e. The first-order valence-corrected chi connectivity index (χ1v) is 13.2. The number of methoxy groups -OCH3 is 1. The molecule has 2 aromatic rings. The lowest BCUT2D eigenvalue weighted by atomic mass is 9.85. The molecule has 200 valence electrons. The van der Waals surface area contributed by atoms with Crippen LogP contribution in [0.25, 0.3) is 10.8 Å². The molecule has 0 aromatic heterocycles. The van der Waals surface area contributed by atoms with Crippen molar-refractivity contribution >= 4 is 28.5 Å². The summed E-state index contributed by atoms with van der Waals surface area (Å²) in [5, 5.41) is 11.0. The van der Waals surface area contributed by atoms with Gasteiger partial charge < -0.3 is 25.6 Å². The summed E-state index contributed by atoms with van der Waals surface area (Å²) >= 11 is 0. The minimum Gasteiger partial charge on any atom is -0.496 e. The SMILES string of the molecule is CN[C@@H](C)C(=O)N[C@H](C(=O)N1CCC2CCC(NC(=O)c3c(OC)ccc4ccccc34)C21)C(C)(C)C. The van der Waals surface area contributed by atoms with Crippen LogP contribution >= 0.6 is 0 Å². The van der Waals surface area contributed by atoms with E-state index in [1.807, 2.05) is 62.1 Å². The predicted octanol–water partition coefficient (Wildman–Crippen LogP) is 3.10. The van der Waals surface area contributed by atoms with Crippen molar-refractivity contribution in [2.24, 2.45) is 11.3 Å². The van der Waals surface area contributed by atoms with Crippen molar-refractivity contribution in [1.82, 2.24) is 20.9 Å². The van der Waals surface area contributed by atoms with E-state index in [-0.39, 0.29) is 29.8 Å². The van der Waals surface area contributed by atoms with E-state index in [9.17, 15) is 14.4 Å². The number of hydrogen-bond acceptors (Lipinski definition) is 5. The highest BCUT2D eigenvalue weighted by atomic mass is 16.5. The third-order valence-electron chi connectivity index (χ3n) is 8.01. The van der Waals surface area contributed by atoms with Crippen LogP contribution in [-0.2, 0) is 9.59 Å². The molecular weight excluding hydrogens is 468 g/mol. The maximum Gasteiger partial charge on any atom is 0.255 e. The van der Waals surface area contributed by atoms with Gasteiger partial charge in [-0.1, -0.05) is 51.1 Å². The summed E-state index contributed by atoms with van der Waals surface area (Å²) in [6.07, 6.45) is 2.66. The van der Waals surface area contributed by atoms with Crippen LogP contribution in [0.15, 0.2) is 36.4 Å². The van der Waals surface area contributed by atoms with E-state index in [0.29, 0.717) is 23.8 Å². The van der Waals surface area contributed by atoms with Gasteiger partial charge in [0.05, 0.1) is 24.8 Å². The Labute approximate surface area is 219 Å². The normalized spacial score (nSPS) is 22.9. The molecule has 1 saturated heterocycles. The van der Waals surface area contributed by atoms with Gasteiger partial charge in [-0.05, 0) is 61.4 Å². The average Bonchev–Trinajstić information content (AvgIpc) is 3.47. The Bertz CT molecular complexity index is 1170. The number of rotatable bonds is 7. The topological polar surface area (TPSA) is 99.8 Å². The quantitative estimate of drug-likeness (QED) is 0.534. The number of amides is 3. The summed E-state index contributed by atoms with van der Waals surface area (Å²) < 4.78 is 5.55. The second kappa shape index (κ2) is 10.7. The number of hydrogen-bond donors (Lipinski definition) is 3. The number of benzene rings is 2. The third-order valence-corrected chi connectivity index (χ3v) is 8.01. The highest BCUT2D eigenvalue weighted by Gasteiger charge is 2.49. The first kappa shape index (κ1) is 26.9. The van der Waals surface area contributed by atoms with Gasteiger partial charge in [-0.3, -0.25) is 14.4 Å². The van der Waals surface area contributed by atoms with Gasteiger partial charge in [0.1, 0.15) is 11.8 Å². The summed E-state index contributed by atoms with van der Waals surface area (Å²) in [4.78, 5) is 42.2. The number of likely N-dealkylation sites (tertiary alicyclic amines) is 1. The Kier molecular flexibility index (Phi) is 7.78. The molecule has 1 aliphatic carbocycles. The standard InChI is InChI=1S/C29H40N4O4/c1-17(30-5)26(34)32-25(29(2,3)4)28(36)33-16-15-19-11-13-21(24(19)33)31-27(35)23-20-10-8-7-9-18(20)12-14-22(23)37-6/h7-10,12,14,17,19,21,24-25,30H,11,13,15-16H2,1-6H3,(H,31,35)(H,32,34)/t17-,19?,21?,24?,25+/m0/s1. The largest absolute Gasteiger partial charge is 0.496 e. The van der Waals surface area contributed by atoms with Crippen LogP contribution < -0.4 is 20.7 Å². The summed E-state index contributed by atoms with van der Waals surface area (Å²) in [5.41, 5.74) is 0.0483. The molecule has 3 unspecified atom stereocenters. The van der Waals surface area contributed by atoms with Crippen LogP contribution in [0.1, 0.15) is 57.3 Å². The maximum absolute atomic E-state index is 13.9. The Morgan fingerprint density at radius 3 is 2.46 bits per heavy atom. The molecule has 8 heteroatoms. The molecule has 1 saturated carbocycles. The predicted molar refractivity (Wildman–Crippen MR) is 145 cm³/mol. The van der Waals surface area contributed by atoms with Crippen LogP contribution in [0.3, 0.4) is 0 Å². The molecule has 0 radical (unpaired) electrons. The summed E-state index contributed by atoms with van der Waals surface area (Å²) in [6, 6.07) is 10.2. The minimum absolute atomic E-state index is 0.0828. The number of nitrogens with zero attached hydrogens (tertiary/aromatic N) is 1. The van der Waals surface area contributed by atoms with Gasteiger partial charge in [-0.15, -0.1) is 0 Å². The minimum atomic E-state index is -0.662. The lowest BCUT2D eigenvalue weighted by molar-refractivity contribution is -0.141. The molecule has 8 nitrogen and oxygen atoms in total. The molecule has 2 fully saturated rings. The summed E-state index contributed by atoms with van der Waals surface area (Å²) in [7, 11) is 3.29. The zero-order chi connectivity index (χ0) is 26.9. The first-order valence-electron chi connectivity index (χ1n) is 13.2. The molecule has 2 aliphatic rings. The fourth-order valence-corrected chi connectivity index (χ4v) is 5.83. The van der Waals surface area contributed by atoms with Gasteiger partial charge in [0, 0.05) is 12.6 Å². The van der Waals surface area contributed by atoms with Crippen LogP contribution in [-0.4, -0.2) is 67.5 Å². The van der Waals surface area contributed by atoms with Crippen LogP contribution in [0.4, 0.5) is 0 Å². The lowest BCUT2D eigenvalue weighted by Crippen LogP contribution is -2.60. The molecular formula is C29H40N4O4. The van der Waals surface area contributed by atoms with E-state index in [4.69, 9.17) is 4.74 Å². The van der Waals surface area contributed by atoms with Crippen molar-refractivity contribution in [3.05, 3.63) is 42.0 Å². The Morgan fingerprint density at radius 2 is 1.78 bits per heavy atom. The fourth-order valence-electron chi connectivity index (χ4n) is 5.83. The Hall–Kier alpha value is -3.13. The van der Waals surface area contributed by atoms with E-state index in [0.717, 1.165) is 30.0 Å². The fraction of sp³-hybridized carbons (Fsp3) is 0.552. The second-order valence-corrected chi connectivity index (χ2v) is 11.4. The molecule has 0 spiro atoms. The maximum atomic E-state index is 13.9. The number of likely N-dealkylation sites (N-methyl/N-ethyl adjacent to an activating group) is 1. The highest BCUT2D eigenvalue weighted by Crippen LogP contribution is 2.40. The number of carbonyl (C=O) groups excluding carboxylic acids is 3. The van der Waals surface area contributed by atoms with Gasteiger partial charge in [0.25, 0.3) is 5.91 Å². The van der Waals surface area contributed by atoms with Gasteiger partial charge in [-0.2, -0.15) is 0 Å². The lowest BCUT2D eigenvalue weighted by Gasteiger charge is -2.38. The van der Waals surface area contributed by atoms with Gasteiger partial charge in [0.15, 0.2) is 0 Å². The number of ether oxygens (including phenoxy) is 1. The monoisotopic (exact) mass is 508 g/mol. The van der Waals surface area contributed by atoms with Crippen LogP contribution in [0.5, 0.6) is 5.75 Å². The van der Waals surface area contributed by atoms with Gasteiger partial charge >= 0.3 is 0 Å². The van der Waals surface area contributed by atoms with Crippen LogP contribution in [0, 0.1) is 11.3 Å². The zero-order valence-corrected chi connectivity index (χ0v) is 22.8. The molecule has 2 aromatic carbocycles. The first-order chi connectivity index (χ1) is 17.6. The summed E-state index contributed by atoms with van der Waals surface area (Å²) in [5.74, 6) is 0.379. The Balaban J connectivity index is 1.58. The molecule has 5 atom stereocenters. The third kappa shape index (κ3) is 5.30. The average molecular weight is 509 g/mol. The van der Waals surface area contributed by atoms with E-state index in [2.05, 4.69) is 16.0 Å². The van der Waals surface area contributed by atoms with E-state index in [1.165, 1.54) is 0 Å². The molecule has 4 rings (SSSR count). The second-order valence-electron chi connectivity index (χ2n) is 11.4. The van der Waals surface area contributed by atoms with Gasteiger partial charge in [0.2, 0.25) is 11.8 Å². The van der Waals surface area contributed by atoms with Crippen molar-refractivity contribution in [1.29, 1.82) is 0 Å². The van der Waals surface area contributed by atoms with E-state index in [1.54, 1.807) is 21.1 Å². The molecule has 1 aliphatic heterocycles. The molecule has 37 heavy (non-hydrogen) atoms. The van der Waals surface area contributed by atoms with Crippen molar-refractivity contribution in [3.63, 3.8) is 0 Å². The van der Waals surface area contributed by atoms with Crippen molar-refractivity contribution in [2.75, 3.05) is 20.7 Å². The Morgan fingerprint density at radius 1 is 1.05 bits per heavy atom. The van der Waals surface area contributed by atoms with E-state index < -0.39 is 17.5 Å². The van der Waals surface area contributed by atoms with E-state index >= 15 is 0 Å². The number of fused-ring (bicyclic) bond motifs is 2. The molecule has 3 N–H and O–H groups in total. The van der Waals surface area contributed by atoms with Crippen molar-refractivity contribution in [3.8, 4) is 5.75 Å². The van der Waals surface area contributed by atoms with Crippen LogP contribution in [0.2, 0.25) is 0 Å². The highest BCUT2D eigenvalue weighted by molar-refractivity contribution is 6.09. The van der Waals surface area contributed by atoms with Crippen molar-refractivity contribution < 1.29 is 19.1 Å². The molecule has 3 amide bonds.